The molecule has 0 atom stereocenters. The average molecular weight is 305 g/mol. The zero-order chi connectivity index (χ0) is 15.5. The molecule has 4 nitrogen and oxygen atoms in total. The molecule has 21 heavy (non-hydrogen) atoms. The fourth-order valence-electron chi connectivity index (χ4n) is 2.01. The van der Waals surface area contributed by atoms with E-state index in [4.69, 9.17) is 4.74 Å². The lowest BCUT2D eigenvalue weighted by atomic mass is 10.1. The minimum atomic E-state index is -3.59. The van der Waals surface area contributed by atoms with Gasteiger partial charge in [0.1, 0.15) is 5.75 Å². The van der Waals surface area contributed by atoms with Crippen LogP contribution >= 0.6 is 0 Å². The Morgan fingerprint density at radius 3 is 2.29 bits per heavy atom. The predicted octanol–water partition coefficient (Wildman–Crippen LogP) is 3.50. The molecule has 0 aliphatic rings. The van der Waals surface area contributed by atoms with E-state index in [2.05, 4.69) is 4.72 Å². The Morgan fingerprint density at radius 2 is 1.71 bits per heavy atom. The third-order valence-corrected chi connectivity index (χ3v) is 4.45. The molecule has 0 aliphatic carbocycles. The SMILES string of the molecule is CCOc1ccc(S(=O)(=O)Nc2ccc(C)cc2C)cc1. The second-order valence-corrected chi connectivity index (χ2v) is 6.51. The molecule has 0 saturated heterocycles. The quantitative estimate of drug-likeness (QED) is 0.919. The largest absolute Gasteiger partial charge is 0.494 e. The van der Waals surface area contributed by atoms with E-state index in [-0.39, 0.29) is 4.90 Å². The van der Waals surface area contributed by atoms with E-state index in [9.17, 15) is 8.42 Å². The molecule has 1 N–H and O–H groups in total. The molecule has 2 aromatic carbocycles. The monoisotopic (exact) mass is 305 g/mol. The summed E-state index contributed by atoms with van der Waals surface area (Å²) < 4.78 is 32.6. The van der Waals surface area contributed by atoms with E-state index >= 15 is 0 Å². The van der Waals surface area contributed by atoms with Crippen LogP contribution in [0.4, 0.5) is 5.69 Å². The highest BCUT2D eigenvalue weighted by molar-refractivity contribution is 7.92. The van der Waals surface area contributed by atoms with Crippen LogP contribution in [0.1, 0.15) is 18.1 Å². The van der Waals surface area contributed by atoms with Gasteiger partial charge in [0.15, 0.2) is 0 Å². The van der Waals surface area contributed by atoms with Gasteiger partial charge < -0.3 is 4.74 Å². The molecule has 2 rings (SSSR count). The minimum Gasteiger partial charge on any atom is -0.494 e. The number of hydrogen-bond donors (Lipinski definition) is 1. The summed E-state index contributed by atoms with van der Waals surface area (Å²) in [6.45, 7) is 6.28. The van der Waals surface area contributed by atoms with Crippen molar-refractivity contribution in [3.63, 3.8) is 0 Å². The first kappa shape index (κ1) is 15.4. The number of aryl methyl sites for hydroxylation is 2. The van der Waals surface area contributed by atoms with Crippen LogP contribution in [-0.2, 0) is 10.0 Å². The summed E-state index contributed by atoms with van der Waals surface area (Å²) in [4.78, 5) is 0.214. The Morgan fingerprint density at radius 1 is 1.05 bits per heavy atom. The van der Waals surface area contributed by atoms with E-state index in [0.29, 0.717) is 18.0 Å². The molecule has 0 unspecified atom stereocenters. The summed E-state index contributed by atoms with van der Waals surface area (Å²) in [5.74, 6) is 0.656. The summed E-state index contributed by atoms with van der Waals surface area (Å²) in [6.07, 6.45) is 0. The summed E-state index contributed by atoms with van der Waals surface area (Å²) >= 11 is 0. The smallest absolute Gasteiger partial charge is 0.261 e. The highest BCUT2D eigenvalue weighted by Crippen LogP contribution is 2.22. The number of ether oxygens (including phenoxy) is 1. The summed E-state index contributed by atoms with van der Waals surface area (Å²) in [5, 5.41) is 0. The van der Waals surface area contributed by atoms with Gasteiger partial charge >= 0.3 is 0 Å². The molecule has 0 fully saturated rings. The zero-order valence-corrected chi connectivity index (χ0v) is 13.2. The minimum absolute atomic E-state index is 0.214. The van der Waals surface area contributed by atoms with Crippen LogP contribution in [-0.4, -0.2) is 15.0 Å². The van der Waals surface area contributed by atoms with E-state index in [1.54, 1.807) is 18.2 Å². The third-order valence-electron chi connectivity index (χ3n) is 3.07. The number of anilines is 1. The number of benzene rings is 2. The van der Waals surface area contributed by atoms with E-state index in [0.717, 1.165) is 11.1 Å². The van der Waals surface area contributed by atoms with Crippen molar-refractivity contribution in [2.75, 3.05) is 11.3 Å². The summed E-state index contributed by atoms with van der Waals surface area (Å²) in [7, 11) is -3.59. The van der Waals surface area contributed by atoms with Gasteiger partial charge in [0.25, 0.3) is 10.0 Å². The normalized spacial score (nSPS) is 11.2. The predicted molar refractivity (Wildman–Crippen MR) is 84.3 cm³/mol. The molecule has 0 radical (unpaired) electrons. The van der Waals surface area contributed by atoms with Crippen LogP contribution in [0.5, 0.6) is 5.75 Å². The van der Waals surface area contributed by atoms with Crippen molar-refractivity contribution in [2.45, 2.75) is 25.7 Å². The average Bonchev–Trinajstić information content (AvgIpc) is 2.43. The molecule has 0 amide bonds. The summed E-state index contributed by atoms with van der Waals surface area (Å²) in [6, 6.07) is 12.0. The van der Waals surface area contributed by atoms with E-state index in [1.807, 2.05) is 32.9 Å². The first-order chi connectivity index (χ1) is 9.92. The lowest BCUT2D eigenvalue weighted by molar-refractivity contribution is 0.340. The molecule has 0 saturated carbocycles. The van der Waals surface area contributed by atoms with Crippen LogP contribution in [0.2, 0.25) is 0 Å². The van der Waals surface area contributed by atoms with Crippen molar-refractivity contribution in [3.05, 3.63) is 53.6 Å². The Hall–Kier alpha value is -2.01. The Balaban J connectivity index is 2.25. The number of hydrogen-bond acceptors (Lipinski definition) is 3. The molecule has 2 aromatic rings. The van der Waals surface area contributed by atoms with Gasteiger partial charge in [-0.3, -0.25) is 4.72 Å². The topological polar surface area (TPSA) is 55.4 Å². The molecule has 0 bridgehead atoms. The van der Waals surface area contributed by atoms with Crippen LogP contribution in [0.15, 0.2) is 47.4 Å². The first-order valence-corrected chi connectivity index (χ1v) is 8.23. The Kier molecular flexibility index (Phi) is 4.53. The van der Waals surface area contributed by atoms with E-state index in [1.165, 1.54) is 12.1 Å². The molecule has 5 heteroatoms. The molecular formula is C16H19NO3S. The van der Waals surface area contributed by atoms with Crippen molar-refractivity contribution in [3.8, 4) is 5.75 Å². The van der Waals surface area contributed by atoms with Crippen LogP contribution in [0.3, 0.4) is 0 Å². The second-order valence-electron chi connectivity index (χ2n) is 4.83. The molecule has 112 valence electrons. The molecule has 0 spiro atoms. The number of rotatable bonds is 5. The van der Waals surface area contributed by atoms with Crippen molar-refractivity contribution in [2.24, 2.45) is 0 Å². The van der Waals surface area contributed by atoms with Gasteiger partial charge in [-0.2, -0.15) is 0 Å². The van der Waals surface area contributed by atoms with Gasteiger partial charge in [-0.1, -0.05) is 17.7 Å². The highest BCUT2D eigenvalue weighted by Gasteiger charge is 2.15. The standard InChI is InChI=1S/C16H19NO3S/c1-4-20-14-6-8-15(9-7-14)21(18,19)17-16-10-5-12(2)11-13(16)3/h5-11,17H,4H2,1-3H3. The maximum atomic E-state index is 12.4. The van der Waals surface area contributed by atoms with Crippen molar-refractivity contribution >= 4 is 15.7 Å². The molecule has 0 aliphatic heterocycles. The van der Waals surface area contributed by atoms with Crippen molar-refractivity contribution in [1.29, 1.82) is 0 Å². The number of sulfonamides is 1. The van der Waals surface area contributed by atoms with E-state index < -0.39 is 10.0 Å². The Labute approximate surface area is 125 Å². The van der Waals surface area contributed by atoms with Crippen LogP contribution < -0.4 is 9.46 Å². The molecule has 0 heterocycles. The lowest BCUT2D eigenvalue weighted by Crippen LogP contribution is -2.13. The fourth-order valence-corrected chi connectivity index (χ4v) is 3.14. The van der Waals surface area contributed by atoms with Gasteiger partial charge in [-0.05, 0) is 56.7 Å². The van der Waals surface area contributed by atoms with Gasteiger partial charge in [-0.15, -0.1) is 0 Å². The van der Waals surface area contributed by atoms with Crippen molar-refractivity contribution in [1.82, 2.24) is 0 Å². The van der Waals surface area contributed by atoms with Gasteiger partial charge in [0.05, 0.1) is 17.2 Å². The fraction of sp³-hybridized carbons (Fsp3) is 0.250. The lowest BCUT2D eigenvalue weighted by Gasteiger charge is -2.11. The number of nitrogens with one attached hydrogen (secondary N) is 1. The molecule has 0 aromatic heterocycles. The Bertz CT molecular complexity index is 722. The highest BCUT2D eigenvalue weighted by atomic mass is 32.2. The van der Waals surface area contributed by atoms with Gasteiger partial charge in [0, 0.05) is 0 Å². The maximum absolute atomic E-state index is 12.4. The maximum Gasteiger partial charge on any atom is 0.261 e. The van der Waals surface area contributed by atoms with Gasteiger partial charge in [0.2, 0.25) is 0 Å². The van der Waals surface area contributed by atoms with Gasteiger partial charge in [-0.25, -0.2) is 8.42 Å². The zero-order valence-electron chi connectivity index (χ0n) is 12.4. The van der Waals surface area contributed by atoms with Crippen molar-refractivity contribution < 1.29 is 13.2 Å². The summed E-state index contributed by atoms with van der Waals surface area (Å²) in [5.41, 5.74) is 2.58. The first-order valence-electron chi connectivity index (χ1n) is 6.75. The second kappa shape index (κ2) is 6.18. The van der Waals surface area contributed by atoms with Crippen LogP contribution in [0, 0.1) is 13.8 Å². The third kappa shape index (κ3) is 3.76. The van der Waals surface area contributed by atoms with Crippen LogP contribution in [0.25, 0.3) is 0 Å². The molecular weight excluding hydrogens is 286 g/mol.